The number of benzene rings is 1. The van der Waals surface area contributed by atoms with E-state index < -0.39 is 17.1 Å². The minimum Gasteiger partial charge on any atom is -0.462 e. The van der Waals surface area contributed by atoms with Crippen molar-refractivity contribution >= 4 is 40.6 Å². The fraction of sp³-hybridized carbons (Fsp3) is 0.167. The minimum absolute atomic E-state index is 0.239. The van der Waals surface area contributed by atoms with E-state index in [2.05, 4.69) is 5.32 Å². The molecule has 1 N–H and O–H groups in total. The molecule has 0 aliphatic carbocycles. The maximum Gasteiger partial charge on any atom is 0.294 e. The molecule has 6 nitrogen and oxygen atoms in total. The van der Waals surface area contributed by atoms with Gasteiger partial charge in [0.05, 0.1) is 4.91 Å². The van der Waals surface area contributed by atoms with Crippen molar-refractivity contribution in [3.8, 4) is 0 Å². The largest absolute Gasteiger partial charge is 0.462 e. The van der Waals surface area contributed by atoms with E-state index in [4.69, 9.17) is 4.42 Å². The fourth-order valence-electron chi connectivity index (χ4n) is 2.36. The molecule has 1 aromatic carbocycles. The lowest BCUT2D eigenvalue weighted by Gasteiger charge is -2.12. The summed E-state index contributed by atoms with van der Waals surface area (Å²) >= 11 is 0.795. The Labute approximate surface area is 148 Å². The standard InChI is InChI=1S/C18H16N2O4S/c1-11-4-3-5-13(8-11)19-16(21)10-20-17(22)15(25-18(20)23)9-14-7-6-12(2)24-14/h3-9H,10H2,1-2H3,(H,19,21)/b15-9-. The van der Waals surface area contributed by atoms with E-state index in [1.165, 1.54) is 6.08 Å². The van der Waals surface area contributed by atoms with Gasteiger partial charge in [-0.25, -0.2) is 0 Å². The number of carbonyl (C=O) groups is 3. The number of carbonyl (C=O) groups excluding carboxylic acids is 3. The van der Waals surface area contributed by atoms with Crippen LogP contribution < -0.4 is 5.32 Å². The second-order valence-electron chi connectivity index (χ2n) is 5.63. The first-order valence-electron chi connectivity index (χ1n) is 7.61. The Kier molecular flexibility index (Phi) is 4.76. The third-order valence-electron chi connectivity index (χ3n) is 3.51. The smallest absolute Gasteiger partial charge is 0.294 e. The Hall–Kier alpha value is -2.80. The van der Waals surface area contributed by atoms with Gasteiger partial charge in [0.25, 0.3) is 11.1 Å². The summed E-state index contributed by atoms with van der Waals surface area (Å²) in [5.41, 5.74) is 1.62. The van der Waals surface area contributed by atoms with E-state index in [0.29, 0.717) is 17.2 Å². The van der Waals surface area contributed by atoms with Gasteiger partial charge in [0, 0.05) is 11.8 Å². The van der Waals surface area contributed by atoms with Gasteiger partial charge in [0.1, 0.15) is 18.1 Å². The molecule has 0 bridgehead atoms. The minimum atomic E-state index is -0.497. The first-order chi connectivity index (χ1) is 11.9. The van der Waals surface area contributed by atoms with Crippen molar-refractivity contribution in [2.24, 2.45) is 0 Å². The summed E-state index contributed by atoms with van der Waals surface area (Å²) in [5.74, 6) is 0.279. The van der Waals surface area contributed by atoms with Gasteiger partial charge >= 0.3 is 0 Å². The Balaban J connectivity index is 1.68. The second-order valence-corrected chi connectivity index (χ2v) is 6.63. The van der Waals surface area contributed by atoms with Crippen molar-refractivity contribution < 1.29 is 18.8 Å². The zero-order chi connectivity index (χ0) is 18.0. The number of thioether (sulfide) groups is 1. The van der Waals surface area contributed by atoms with Gasteiger partial charge in [0.15, 0.2) is 0 Å². The predicted molar refractivity (Wildman–Crippen MR) is 95.9 cm³/mol. The number of amides is 3. The lowest BCUT2D eigenvalue weighted by Crippen LogP contribution is -2.36. The molecule has 0 radical (unpaired) electrons. The number of rotatable bonds is 4. The molecule has 0 spiro atoms. The number of nitrogens with zero attached hydrogens (tertiary/aromatic N) is 1. The monoisotopic (exact) mass is 356 g/mol. The maximum atomic E-state index is 12.4. The third-order valence-corrected chi connectivity index (χ3v) is 4.42. The van der Waals surface area contributed by atoms with Crippen molar-refractivity contribution in [1.82, 2.24) is 4.90 Å². The molecular weight excluding hydrogens is 340 g/mol. The van der Waals surface area contributed by atoms with E-state index in [9.17, 15) is 14.4 Å². The first-order valence-corrected chi connectivity index (χ1v) is 8.42. The van der Waals surface area contributed by atoms with Crippen LogP contribution in [-0.4, -0.2) is 28.5 Å². The molecule has 0 saturated carbocycles. The summed E-state index contributed by atoms with van der Waals surface area (Å²) < 4.78 is 5.38. The first kappa shape index (κ1) is 17.0. The van der Waals surface area contributed by atoms with Crippen LogP contribution in [0.1, 0.15) is 17.1 Å². The van der Waals surface area contributed by atoms with Crippen LogP contribution in [0.5, 0.6) is 0 Å². The summed E-state index contributed by atoms with van der Waals surface area (Å²) in [4.78, 5) is 37.7. The molecule has 2 heterocycles. The number of hydrogen-bond acceptors (Lipinski definition) is 5. The average molecular weight is 356 g/mol. The summed E-state index contributed by atoms with van der Waals surface area (Å²) in [6.45, 7) is 3.37. The molecule has 128 valence electrons. The number of hydrogen-bond donors (Lipinski definition) is 1. The lowest BCUT2D eigenvalue weighted by atomic mass is 10.2. The second kappa shape index (κ2) is 6.98. The highest BCUT2D eigenvalue weighted by atomic mass is 32.2. The Morgan fingerprint density at radius 1 is 1.24 bits per heavy atom. The highest BCUT2D eigenvalue weighted by Gasteiger charge is 2.36. The van der Waals surface area contributed by atoms with Gasteiger partial charge in [-0.15, -0.1) is 0 Å². The van der Waals surface area contributed by atoms with Crippen molar-refractivity contribution in [2.45, 2.75) is 13.8 Å². The molecule has 1 aliphatic rings. The molecule has 0 atom stereocenters. The summed E-state index contributed by atoms with van der Waals surface area (Å²) in [5, 5.41) is 2.21. The zero-order valence-corrected chi connectivity index (χ0v) is 14.6. The van der Waals surface area contributed by atoms with Crippen LogP contribution in [0.25, 0.3) is 6.08 Å². The molecule has 1 aliphatic heterocycles. The molecule has 7 heteroatoms. The SMILES string of the molecule is Cc1cccc(NC(=O)CN2C(=O)S/C(=C\c3ccc(C)o3)C2=O)c1. The lowest BCUT2D eigenvalue weighted by molar-refractivity contribution is -0.127. The molecular formula is C18H16N2O4S. The number of anilines is 1. The van der Waals surface area contributed by atoms with Gasteiger partial charge in [-0.3, -0.25) is 19.3 Å². The molecule has 3 amide bonds. The van der Waals surface area contributed by atoms with Crippen LogP contribution in [0, 0.1) is 13.8 Å². The predicted octanol–water partition coefficient (Wildman–Crippen LogP) is 3.57. The average Bonchev–Trinajstić information content (AvgIpc) is 3.06. The van der Waals surface area contributed by atoms with Crippen molar-refractivity contribution in [1.29, 1.82) is 0 Å². The number of aryl methyl sites for hydroxylation is 2. The zero-order valence-electron chi connectivity index (χ0n) is 13.7. The number of nitrogens with one attached hydrogen (secondary N) is 1. The van der Waals surface area contributed by atoms with Crippen molar-refractivity contribution in [3.63, 3.8) is 0 Å². The highest BCUT2D eigenvalue weighted by Crippen LogP contribution is 2.32. The van der Waals surface area contributed by atoms with E-state index in [1.807, 2.05) is 25.1 Å². The van der Waals surface area contributed by atoms with Gasteiger partial charge in [0.2, 0.25) is 5.91 Å². The fourth-order valence-corrected chi connectivity index (χ4v) is 3.18. The topological polar surface area (TPSA) is 79.6 Å². The molecule has 1 aromatic heterocycles. The van der Waals surface area contributed by atoms with Gasteiger partial charge in [-0.05, 0) is 55.4 Å². The summed E-state index contributed by atoms with van der Waals surface area (Å²) in [6.07, 6.45) is 1.51. The van der Waals surface area contributed by atoms with E-state index in [1.54, 1.807) is 25.1 Å². The highest BCUT2D eigenvalue weighted by molar-refractivity contribution is 8.18. The van der Waals surface area contributed by atoms with E-state index in [-0.39, 0.29) is 11.4 Å². The van der Waals surface area contributed by atoms with Crippen molar-refractivity contribution in [2.75, 3.05) is 11.9 Å². The maximum absolute atomic E-state index is 12.4. The van der Waals surface area contributed by atoms with Crippen LogP contribution in [0.2, 0.25) is 0 Å². The molecule has 0 unspecified atom stereocenters. The number of furan rings is 1. The molecule has 3 rings (SSSR count). The molecule has 25 heavy (non-hydrogen) atoms. The molecule has 1 fully saturated rings. The van der Waals surface area contributed by atoms with Gasteiger partial charge < -0.3 is 9.73 Å². The van der Waals surface area contributed by atoms with E-state index >= 15 is 0 Å². The van der Waals surface area contributed by atoms with Crippen LogP contribution >= 0.6 is 11.8 Å². The summed E-state index contributed by atoms with van der Waals surface area (Å²) in [6, 6.07) is 10.8. The summed E-state index contributed by atoms with van der Waals surface area (Å²) in [7, 11) is 0. The Morgan fingerprint density at radius 2 is 2.04 bits per heavy atom. The normalized spacial score (nSPS) is 15.9. The Bertz CT molecular complexity index is 885. The van der Waals surface area contributed by atoms with Crippen LogP contribution in [0.4, 0.5) is 10.5 Å². The van der Waals surface area contributed by atoms with Gasteiger partial charge in [-0.1, -0.05) is 12.1 Å². The molecule has 2 aromatic rings. The quantitative estimate of drug-likeness (QED) is 0.847. The van der Waals surface area contributed by atoms with Crippen LogP contribution in [0.15, 0.2) is 45.7 Å². The van der Waals surface area contributed by atoms with E-state index in [0.717, 1.165) is 22.2 Å². The Morgan fingerprint density at radius 3 is 2.72 bits per heavy atom. The van der Waals surface area contributed by atoms with Crippen LogP contribution in [-0.2, 0) is 9.59 Å². The number of imide groups is 1. The van der Waals surface area contributed by atoms with Gasteiger partial charge in [-0.2, -0.15) is 0 Å². The third kappa shape index (κ3) is 4.00. The molecule has 1 saturated heterocycles. The van der Waals surface area contributed by atoms with Crippen LogP contribution in [0.3, 0.4) is 0 Å². The van der Waals surface area contributed by atoms with Crippen molar-refractivity contribution in [3.05, 3.63) is 58.4 Å².